The minimum absolute atomic E-state index is 0.546. The van der Waals surface area contributed by atoms with Crippen molar-refractivity contribution in [1.29, 1.82) is 0 Å². The highest BCUT2D eigenvalue weighted by Gasteiger charge is 2.44. The van der Waals surface area contributed by atoms with Gasteiger partial charge in [0.05, 0.1) is 0 Å². The third kappa shape index (κ3) is 3.85. The molecule has 1 nitrogen and oxygen atoms in total. The van der Waals surface area contributed by atoms with Gasteiger partial charge in [-0.3, -0.25) is 0 Å². The lowest BCUT2D eigenvalue weighted by Crippen LogP contribution is -2.22. The van der Waals surface area contributed by atoms with Crippen LogP contribution in [0.5, 0.6) is 0 Å². The Morgan fingerprint density at radius 1 is 0.419 bits per heavy atom. The predicted octanol–water partition coefficient (Wildman–Crippen LogP) is 11.6. The zero-order chi connectivity index (χ0) is 28.3. The second-order valence-corrected chi connectivity index (χ2v) is 12.4. The summed E-state index contributed by atoms with van der Waals surface area (Å²) in [5, 5.41) is 0. The first-order valence-corrected chi connectivity index (χ1v) is 15.7. The lowest BCUT2D eigenvalue weighted by Gasteiger charge is -2.38. The van der Waals surface area contributed by atoms with Gasteiger partial charge in [-0.15, -0.1) is 0 Å². The first-order valence-electron chi connectivity index (χ1n) is 15.7. The second kappa shape index (κ2) is 9.85. The molecule has 0 aliphatic heterocycles. The van der Waals surface area contributed by atoms with Gasteiger partial charge in [-0.2, -0.15) is 0 Å². The van der Waals surface area contributed by atoms with Crippen LogP contribution in [0.2, 0.25) is 0 Å². The second-order valence-electron chi connectivity index (χ2n) is 12.4. The lowest BCUT2D eigenvalue weighted by atomic mass is 9.65. The Kier molecular flexibility index (Phi) is 5.66. The number of hydrogen-bond donors (Lipinski definition) is 0. The zero-order valence-corrected chi connectivity index (χ0v) is 24.2. The third-order valence-corrected chi connectivity index (χ3v) is 10.2. The normalized spacial score (nSPS) is 19.1. The van der Waals surface area contributed by atoms with Crippen molar-refractivity contribution in [3.63, 3.8) is 0 Å². The van der Waals surface area contributed by atoms with E-state index in [9.17, 15) is 0 Å². The van der Waals surface area contributed by atoms with E-state index in [1.54, 1.807) is 16.7 Å². The van der Waals surface area contributed by atoms with Crippen LogP contribution in [-0.4, -0.2) is 0 Å². The lowest BCUT2D eigenvalue weighted by molar-refractivity contribution is 0.344. The first kappa shape index (κ1) is 24.7. The molecule has 9 rings (SSSR count). The van der Waals surface area contributed by atoms with E-state index in [4.69, 9.17) is 0 Å². The molecule has 3 aliphatic rings. The molecule has 3 atom stereocenters. The molecule has 0 N–H and O–H groups in total. The van der Waals surface area contributed by atoms with Crippen LogP contribution in [0, 0.1) is 0 Å². The van der Waals surface area contributed by atoms with E-state index in [2.05, 4.69) is 150 Å². The van der Waals surface area contributed by atoms with Crippen molar-refractivity contribution in [2.24, 2.45) is 0 Å². The Hall–Kier alpha value is -4.88. The maximum absolute atomic E-state index is 2.51. The molecule has 6 aromatic rings. The van der Waals surface area contributed by atoms with Crippen LogP contribution in [0.3, 0.4) is 0 Å². The Bertz CT molecular complexity index is 1930. The molecule has 6 aromatic carbocycles. The molecule has 1 saturated carbocycles. The number of para-hydroxylation sites is 2. The standard InChI is InChI=1S/C42H33N/c1-3-13-30(14-4-1)43(31-15-5-2-6-16-31)32-17-9-12-28(26-32)29-24-25-34-37-21-11-22-38-39-23-10-20-36(42(39)40(34)27-29)33-18-7-8-19-35(33)41(37)38/h1-10,12-20,23-27,37-38,41H,11,21-22H2/t37-,38+,41?/m1/s1. The summed E-state index contributed by atoms with van der Waals surface area (Å²) in [5.74, 6) is 1.69. The predicted molar refractivity (Wildman–Crippen MR) is 180 cm³/mol. The number of rotatable bonds is 4. The van der Waals surface area contributed by atoms with E-state index in [1.807, 2.05) is 0 Å². The number of hydrogen-bond acceptors (Lipinski definition) is 1. The van der Waals surface area contributed by atoms with Gasteiger partial charge in [0.2, 0.25) is 0 Å². The molecule has 1 unspecified atom stereocenters. The molecule has 206 valence electrons. The van der Waals surface area contributed by atoms with Crippen LogP contribution in [0.15, 0.2) is 146 Å². The molecule has 0 spiro atoms. The van der Waals surface area contributed by atoms with Gasteiger partial charge >= 0.3 is 0 Å². The van der Waals surface area contributed by atoms with E-state index in [0.29, 0.717) is 17.8 Å². The van der Waals surface area contributed by atoms with E-state index in [-0.39, 0.29) is 0 Å². The molecule has 0 radical (unpaired) electrons. The molecular formula is C42H33N. The molecule has 0 amide bonds. The Morgan fingerprint density at radius 2 is 1.02 bits per heavy atom. The first-order chi connectivity index (χ1) is 21.3. The fraction of sp³-hybridized carbons (Fsp3) is 0.143. The van der Waals surface area contributed by atoms with Crippen molar-refractivity contribution < 1.29 is 0 Å². The Balaban J connectivity index is 1.23. The fourth-order valence-corrected chi connectivity index (χ4v) is 8.47. The maximum atomic E-state index is 2.51. The molecule has 0 saturated heterocycles. The van der Waals surface area contributed by atoms with Crippen LogP contribution in [0.4, 0.5) is 17.1 Å². The molecule has 1 fully saturated rings. The highest BCUT2D eigenvalue weighted by Crippen LogP contribution is 2.62. The van der Waals surface area contributed by atoms with Crippen molar-refractivity contribution in [2.45, 2.75) is 37.0 Å². The summed E-state index contributed by atoms with van der Waals surface area (Å²) >= 11 is 0. The van der Waals surface area contributed by atoms with E-state index in [1.165, 1.54) is 52.6 Å². The van der Waals surface area contributed by atoms with Gasteiger partial charge < -0.3 is 4.90 Å². The van der Waals surface area contributed by atoms with E-state index < -0.39 is 0 Å². The van der Waals surface area contributed by atoms with Gasteiger partial charge in [0, 0.05) is 17.1 Å². The summed E-state index contributed by atoms with van der Waals surface area (Å²) < 4.78 is 0. The Morgan fingerprint density at radius 3 is 1.81 bits per heavy atom. The van der Waals surface area contributed by atoms with Gasteiger partial charge in [0.25, 0.3) is 0 Å². The molecule has 6 bridgehead atoms. The number of benzene rings is 6. The van der Waals surface area contributed by atoms with Crippen molar-refractivity contribution in [2.75, 3.05) is 4.90 Å². The maximum Gasteiger partial charge on any atom is 0.0467 e. The highest BCUT2D eigenvalue weighted by atomic mass is 15.1. The van der Waals surface area contributed by atoms with Gasteiger partial charge in [-0.25, -0.2) is 0 Å². The van der Waals surface area contributed by atoms with Crippen LogP contribution >= 0.6 is 0 Å². The SMILES string of the molecule is c1ccc(N(c2ccccc2)c2cccc(-c3ccc4c(c3)-c3c5cccc3[C@@H]3CCC[C@H]4C3c3ccccc3-5)c2)cc1. The summed E-state index contributed by atoms with van der Waals surface area (Å²) in [6.07, 6.45) is 3.85. The Labute approximate surface area is 254 Å². The number of fused-ring (bicyclic) bond motifs is 4. The van der Waals surface area contributed by atoms with Crippen LogP contribution < -0.4 is 4.90 Å². The number of anilines is 3. The van der Waals surface area contributed by atoms with Crippen molar-refractivity contribution in [1.82, 2.24) is 0 Å². The summed E-state index contributed by atoms with van der Waals surface area (Å²) in [5.41, 5.74) is 16.5. The molecular weight excluding hydrogens is 518 g/mol. The summed E-state index contributed by atoms with van der Waals surface area (Å²) in [6.45, 7) is 0. The molecule has 3 aliphatic carbocycles. The largest absolute Gasteiger partial charge is 0.310 e. The van der Waals surface area contributed by atoms with E-state index in [0.717, 1.165) is 17.1 Å². The van der Waals surface area contributed by atoms with Crippen LogP contribution in [0.25, 0.3) is 33.4 Å². The van der Waals surface area contributed by atoms with Crippen LogP contribution in [0.1, 0.15) is 53.7 Å². The molecule has 1 heteroatoms. The van der Waals surface area contributed by atoms with Crippen molar-refractivity contribution in [3.8, 4) is 33.4 Å². The minimum atomic E-state index is 0.546. The smallest absolute Gasteiger partial charge is 0.0467 e. The summed E-state index contributed by atoms with van der Waals surface area (Å²) in [7, 11) is 0. The highest BCUT2D eigenvalue weighted by molar-refractivity contribution is 5.93. The quantitative estimate of drug-likeness (QED) is 0.211. The molecule has 0 heterocycles. The van der Waals surface area contributed by atoms with Gasteiger partial charge in [-0.1, -0.05) is 110 Å². The average molecular weight is 552 g/mol. The average Bonchev–Trinajstić information content (AvgIpc) is 3.18. The van der Waals surface area contributed by atoms with Crippen molar-refractivity contribution in [3.05, 3.63) is 162 Å². The van der Waals surface area contributed by atoms with Gasteiger partial charge in [-0.05, 0) is 123 Å². The third-order valence-electron chi connectivity index (χ3n) is 10.2. The monoisotopic (exact) mass is 551 g/mol. The van der Waals surface area contributed by atoms with Crippen LogP contribution in [-0.2, 0) is 0 Å². The van der Waals surface area contributed by atoms with Gasteiger partial charge in [0.15, 0.2) is 0 Å². The topological polar surface area (TPSA) is 3.24 Å². The van der Waals surface area contributed by atoms with Crippen molar-refractivity contribution >= 4 is 17.1 Å². The minimum Gasteiger partial charge on any atom is -0.310 e. The van der Waals surface area contributed by atoms with E-state index >= 15 is 0 Å². The summed E-state index contributed by atoms with van der Waals surface area (Å²) in [4.78, 5) is 2.35. The summed E-state index contributed by atoms with van der Waals surface area (Å²) in [6, 6.07) is 54.1. The molecule has 43 heavy (non-hydrogen) atoms. The van der Waals surface area contributed by atoms with Gasteiger partial charge in [0.1, 0.15) is 0 Å². The fourth-order valence-electron chi connectivity index (χ4n) is 8.47. The molecule has 0 aromatic heterocycles. The zero-order valence-electron chi connectivity index (χ0n) is 24.2. The number of nitrogens with zero attached hydrogens (tertiary/aromatic N) is 1.